The molecule has 154 valence electrons. The summed E-state index contributed by atoms with van der Waals surface area (Å²) in [6.07, 6.45) is 0. The SMILES string of the molecule is Oc1cc(Cl)ccc1-[n+]1c(-c2ccccc2)cc(-c2ccccc2)cc1-c1ccccc1. The van der Waals surface area contributed by atoms with E-state index in [-0.39, 0.29) is 5.75 Å². The third-order valence-electron chi connectivity index (χ3n) is 5.49. The van der Waals surface area contributed by atoms with E-state index in [1.54, 1.807) is 12.1 Å². The molecule has 0 atom stereocenters. The highest BCUT2D eigenvalue weighted by molar-refractivity contribution is 6.30. The highest BCUT2D eigenvalue weighted by atomic mass is 35.5. The van der Waals surface area contributed by atoms with Gasteiger partial charge in [0.1, 0.15) is 0 Å². The topological polar surface area (TPSA) is 24.1 Å². The van der Waals surface area contributed by atoms with Crippen molar-refractivity contribution in [1.82, 2.24) is 0 Å². The first-order valence-corrected chi connectivity index (χ1v) is 10.8. The molecule has 5 aromatic rings. The van der Waals surface area contributed by atoms with Gasteiger partial charge in [-0.25, -0.2) is 0 Å². The maximum Gasteiger partial charge on any atom is 0.253 e. The van der Waals surface area contributed by atoms with Crippen molar-refractivity contribution in [2.75, 3.05) is 0 Å². The van der Waals surface area contributed by atoms with E-state index in [4.69, 9.17) is 11.6 Å². The smallest absolute Gasteiger partial charge is 0.253 e. The van der Waals surface area contributed by atoms with Crippen molar-refractivity contribution >= 4 is 11.6 Å². The lowest BCUT2D eigenvalue weighted by Gasteiger charge is -2.13. The van der Waals surface area contributed by atoms with Crippen molar-refractivity contribution < 1.29 is 9.67 Å². The predicted molar refractivity (Wildman–Crippen MR) is 131 cm³/mol. The highest BCUT2D eigenvalue weighted by Gasteiger charge is 2.27. The molecule has 0 radical (unpaired) electrons. The second-order valence-corrected chi connectivity index (χ2v) is 8.02. The fraction of sp³-hybridized carbons (Fsp3) is 0. The van der Waals surface area contributed by atoms with Crippen LogP contribution in [-0.4, -0.2) is 5.11 Å². The minimum Gasteiger partial charge on any atom is -0.502 e. The Balaban J connectivity index is 1.90. The summed E-state index contributed by atoms with van der Waals surface area (Å²) in [5.74, 6) is 0.129. The summed E-state index contributed by atoms with van der Waals surface area (Å²) < 4.78 is 2.10. The Bertz CT molecular complexity index is 1310. The van der Waals surface area contributed by atoms with Gasteiger partial charge < -0.3 is 5.11 Å². The molecular formula is C29H21ClNO+. The summed E-state index contributed by atoms with van der Waals surface area (Å²) in [6, 6.07) is 40.4. The Morgan fingerprint density at radius 2 is 0.969 bits per heavy atom. The van der Waals surface area contributed by atoms with Crippen LogP contribution in [0.25, 0.3) is 39.3 Å². The van der Waals surface area contributed by atoms with Crippen molar-refractivity contribution in [2.24, 2.45) is 0 Å². The van der Waals surface area contributed by atoms with E-state index < -0.39 is 0 Å². The van der Waals surface area contributed by atoms with Gasteiger partial charge in [-0.3, -0.25) is 0 Å². The molecule has 0 bridgehead atoms. The fourth-order valence-electron chi connectivity index (χ4n) is 3.98. The lowest BCUT2D eigenvalue weighted by molar-refractivity contribution is -0.572. The zero-order valence-corrected chi connectivity index (χ0v) is 18.1. The number of rotatable bonds is 4. The van der Waals surface area contributed by atoms with Crippen LogP contribution in [0, 0.1) is 0 Å². The number of phenols is 1. The van der Waals surface area contributed by atoms with Crippen LogP contribution in [0.2, 0.25) is 5.02 Å². The van der Waals surface area contributed by atoms with E-state index in [1.807, 2.05) is 60.7 Å². The normalized spacial score (nSPS) is 10.8. The Kier molecular flexibility index (Phi) is 5.45. The van der Waals surface area contributed by atoms with Gasteiger partial charge in [0, 0.05) is 40.4 Å². The number of phenolic OH excluding ortho intramolecular Hbond substituents is 1. The maximum absolute atomic E-state index is 10.9. The number of pyridine rings is 1. The van der Waals surface area contributed by atoms with Gasteiger partial charge in [0.25, 0.3) is 5.69 Å². The average Bonchev–Trinajstić information content (AvgIpc) is 2.85. The van der Waals surface area contributed by atoms with E-state index in [9.17, 15) is 5.11 Å². The van der Waals surface area contributed by atoms with Crippen LogP contribution in [0.4, 0.5) is 0 Å². The number of halogens is 1. The van der Waals surface area contributed by atoms with Gasteiger partial charge in [-0.2, -0.15) is 0 Å². The lowest BCUT2D eigenvalue weighted by Crippen LogP contribution is -2.36. The maximum atomic E-state index is 10.9. The Morgan fingerprint density at radius 3 is 1.44 bits per heavy atom. The van der Waals surface area contributed by atoms with Crippen LogP contribution < -0.4 is 4.57 Å². The van der Waals surface area contributed by atoms with E-state index in [0.717, 1.165) is 33.6 Å². The minimum atomic E-state index is 0.129. The van der Waals surface area contributed by atoms with Gasteiger partial charge in [-0.15, -0.1) is 4.57 Å². The summed E-state index contributed by atoms with van der Waals surface area (Å²) in [4.78, 5) is 0. The molecule has 4 aromatic carbocycles. The molecule has 0 fully saturated rings. The first-order chi connectivity index (χ1) is 15.7. The quantitative estimate of drug-likeness (QED) is 0.294. The molecule has 1 aromatic heterocycles. The molecule has 0 saturated heterocycles. The number of hydrogen-bond donors (Lipinski definition) is 1. The number of aromatic hydroxyl groups is 1. The molecular weight excluding hydrogens is 414 g/mol. The Hall–Kier alpha value is -3.88. The van der Waals surface area contributed by atoms with Gasteiger partial charge in [0.2, 0.25) is 11.4 Å². The molecule has 0 aliphatic carbocycles. The number of hydrogen-bond acceptors (Lipinski definition) is 1. The fourth-order valence-corrected chi connectivity index (χ4v) is 4.15. The summed E-state index contributed by atoms with van der Waals surface area (Å²) in [5.41, 5.74) is 6.97. The van der Waals surface area contributed by atoms with Crippen molar-refractivity contribution in [2.45, 2.75) is 0 Å². The van der Waals surface area contributed by atoms with Crippen molar-refractivity contribution in [3.05, 3.63) is 126 Å². The summed E-state index contributed by atoms with van der Waals surface area (Å²) in [7, 11) is 0. The molecule has 0 aliphatic rings. The largest absolute Gasteiger partial charge is 0.502 e. The van der Waals surface area contributed by atoms with Crippen LogP contribution >= 0.6 is 11.6 Å². The van der Waals surface area contributed by atoms with E-state index in [0.29, 0.717) is 10.7 Å². The molecule has 32 heavy (non-hydrogen) atoms. The third kappa shape index (κ3) is 3.89. The minimum absolute atomic E-state index is 0.129. The highest BCUT2D eigenvalue weighted by Crippen LogP contribution is 2.32. The molecule has 5 rings (SSSR count). The van der Waals surface area contributed by atoms with E-state index in [2.05, 4.69) is 53.1 Å². The average molecular weight is 435 g/mol. The van der Waals surface area contributed by atoms with Crippen molar-refractivity contribution in [3.8, 4) is 45.1 Å². The second kappa shape index (κ2) is 8.70. The number of nitrogens with zero attached hydrogens (tertiary/aromatic N) is 1. The van der Waals surface area contributed by atoms with Crippen LogP contribution in [0.1, 0.15) is 0 Å². The molecule has 0 aliphatic heterocycles. The van der Waals surface area contributed by atoms with Crippen molar-refractivity contribution in [1.29, 1.82) is 0 Å². The van der Waals surface area contributed by atoms with E-state index >= 15 is 0 Å². The van der Waals surface area contributed by atoms with Crippen molar-refractivity contribution in [3.63, 3.8) is 0 Å². The standard InChI is InChI=1S/C29H20ClNO/c30-25-16-17-26(29(32)20-25)31-27(22-12-6-2-7-13-22)18-24(21-10-4-1-5-11-21)19-28(31)23-14-8-3-9-15-23/h1-20H/p+1. The van der Waals surface area contributed by atoms with Crippen LogP contribution in [0.15, 0.2) is 121 Å². The van der Waals surface area contributed by atoms with Gasteiger partial charge in [-0.05, 0) is 41.5 Å². The summed E-state index contributed by atoms with van der Waals surface area (Å²) in [6.45, 7) is 0. The summed E-state index contributed by atoms with van der Waals surface area (Å²) >= 11 is 6.15. The van der Waals surface area contributed by atoms with Gasteiger partial charge in [-0.1, -0.05) is 78.3 Å². The molecule has 0 saturated carbocycles. The first kappa shape index (κ1) is 20.0. The molecule has 0 spiro atoms. The molecule has 1 N–H and O–H groups in total. The number of benzene rings is 4. The van der Waals surface area contributed by atoms with E-state index in [1.165, 1.54) is 0 Å². The Morgan fingerprint density at radius 1 is 0.500 bits per heavy atom. The molecule has 2 nitrogen and oxygen atoms in total. The monoisotopic (exact) mass is 434 g/mol. The molecule has 3 heteroatoms. The zero-order valence-electron chi connectivity index (χ0n) is 17.3. The third-order valence-corrected chi connectivity index (χ3v) is 5.73. The Labute approximate surface area is 192 Å². The van der Waals surface area contributed by atoms with Crippen LogP contribution in [-0.2, 0) is 0 Å². The zero-order chi connectivity index (χ0) is 21.9. The molecule has 0 unspecified atom stereocenters. The van der Waals surface area contributed by atoms with Gasteiger partial charge in [0.05, 0.1) is 0 Å². The van der Waals surface area contributed by atoms with Crippen LogP contribution in [0.3, 0.4) is 0 Å². The van der Waals surface area contributed by atoms with Gasteiger partial charge >= 0.3 is 0 Å². The summed E-state index contributed by atoms with van der Waals surface area (Å²) in [5, 5.41) is 11.4. The second-order valence-electron chi connectivity index (χ2n) is 7.58. The lowest BCUT2D eigenvalue weighted by atomic mass is 9.98. The predicted octanol–water partition coefficient (Wildman–Crippen LogP) is 7.32. The molecule has 1 heterocycles. The molecule has 0 amide bonds. The van der Waals surface area contributed by atoms with Gasteiger partial charge in [0.15, 0.2) is 5.75 Å². The van der Waals surface area contributed by atoms with Crippen LogP contribution in [0.5, 0.6) is 5.75 Å². The first-order valence-electron chi connectivity index (χ1n) is 10.5. The number of aromatic nitrogens is 1.